The van der Waals surface area contributed by atoms with Gasteiger partial charge in [0, 0.05) is 35.8 Å². The van der Waals surface area contributed by atoms with Gasteiger partial charge in [0.05, 0.1) is 5.75 Å². The molecule has 4 nitrogen and oxygen atoms in total. The Morgan fingerprint density at radius 3 is 2.55 bits per heavy atom. The van der Waals surface area contributed by atoms with E-state index in [1.165, 1.54) is 18.7 Å². The van der Waals surface area contributed by atoms with E-state index in [1.54, 1.807) is 12.1 Å². The number of amides is 2. The van der Waals surface area contributed by atoms with Crippen molar-refractivity contribution >= 4 is 46.8 Å². The number of rotatable bonds is 7. The second-order valence-electron chi connectivity index (χ2n) is 4.06. The summed E-state index contributed by atoms with van der Waals surface area (Å²) in [6.07, 6.45) is 0. The lowest BCUT2D eigenvalue weighted by atomic mass is 10.2. The molecule has 0 aromatic heterocycles. The van der Waals surface area contributed by atoms with Crippen LogP contribution in [0, 0.1) is 0 Å². The van der Waals surface area contributed by atoms with Gasteiger partial charge in [0.2, 0.25) is 11.8 Å². The maximum atomic E-state index is 11.5. The molecular weight excluding hydrogens is 319 g/mol. The first-order chi connectivity index (χ1) is 9.49. The molecule has 0 radical (unpaired) electrons. The molecule has 0 fully saturated rings. The van der Waals surface area contributed by atoms with Crippen molar-refractivity contribution in [3.63, 3.8) is 0 Å². The third-order valence-electron chi connectivity index (χ3n) is 2.33. The van der Waals surface area contributed by atoms with Crippen molar-refractivity contribution in [1.29, 1.82) is 0 Å². The summed E-state index contributed by atoms with van der Waals surface area (Å²) in [6, 6.07) is 5.32. The molecule has 0 saturated heterocycles. The minimum atomic E-state index is -0.106. The van der Waals surface area contributed by atoms with E-state index in [-0.39, 0.29) is 11.8 Å². The van der Waals surface area contributed by atoms with Gasteiger partial charge in [0.1, 0.15) is 0 Å². The highest BCUT2D eigenvalue weighted by Gasteiger charge is 2.04. The molecule has 0 heterocycles. The Morgan fingerprint density at radius 2 is 1.90 bits per heavy atom. The molecule has 20 heavy (non-hydrogen) atoms. The van der Waals surface area contributed by atoms with Gasteiger partial charge in [0.25, 0.3) is 0 Å². The van der Waals surface area contributed by atoms with Gasteiger partial charge >= 0.3 is 0 Å². The fraction of sp³-hybridized carbons (Fsp3) is 0.385. The van der Waals surface area contributed by atoms with E-state index in [2.05, 4.69) is 10.6 Å². The summed E-state index contributed by atoms with van der Waals surface area (Å²) in [7, 11) is 0. The first-order valence-corrected chi connectivity index (χ1v) is 7.93. The minimum Gasteiger partial charge on any atom is -0.355 e. The van der Waals surface area contributed by atoms with Gasteiger partial charge < -0.3 is 10.6 Å². The lowest BCUT2D eigenvalue weighted by molar-refractivity contribution is -0.120. The number of nitrogens with one attached hydrogen (secondary N) is 2. The van der Waals surface area contributed by atoms with Crippen LogP contribution in [0.25, 0.3) is 0 Å². The zero-order valence-electron chi connectivity index (χ0n) is 11.0. The van der Waals surface area contributed by atoms with Crippen LogP contribution >= 0.6 is 35.0 Å². The lowest BCUT2D eigenvalue weighted by Crippen LogP contribution is -2.34. The Balaban J connectivity index is 2.20. The van der Waals surface area contributed by atoms with Gasteiger partial charge in [-0.15, -0.1) is 11.8 Å². The number of benzene rings is 1. The summed E-state index contributed by atoms with van der Waals surface area (Å²) in [5, 5.41) is 6.53. The Hall–Kier alpha value is -0.910. The van der Waals surface area contributed by atoms with Crippen molar-refractivity contribution < 1.29 is 9.59 Å². The third-order valence-corrected chi connectivity index (χ3v) is 3.90. The molecule has 0 aliphatic rings. The molecule has 110 valence electrons. The third kappa shape index (κ3) is 7.03. The highest BCUT2D eigenvalue weighted by Crippen LogP contribution is 2.24. The standard InChI is InChI=1S/C13H16Cl2N2O2S/c1-9(18)16-4-5-17-13(19)8-20-7-10-2-3-11(14)6-12(10)15/h2-3,6H,4-5,7-8H2,1H3,(H,16,18)(H,17,19). The summed E-state index contributed by atoms with van der Waals surface area (Å²) in [5.74, 6) is 0.824. The maximum Gasteiger partial charge on any atom is 0.230 e. The van der Waals surface area contributed by atoms with Gasteiger partial charge in [-0.3, -0.25) is 9.59 Å². The van der Waals surface area contributed by atoms with Gasteiger partial charge in [-0.1, -0.05) is 29.3 Å². The van der Waals surface area contributed by atoms with E-state index in [0.717, 1.165) is 5.56 Å². The number of carbonyl (C=O) groups excluding carboxylic acids is 2. The monoisotopic (exact) mass is 334 g/mol. The zero-order chi connectivity index (χ0) is 15.0. The van der Waals surface area contributed by atoms with Crippen LogP contribution in [0.15, 0.2) is 18.2 Å². The van der Waals surface area contributed by atoms with Crippen LogP contribution in [0.3, 0.4) is 0 Å². The molecule has 0 spiro atoms. The largest absolute Gasteiger partial charge is 0.355 e. The van der Waals surface area contributed by atoms with E-state index in [9.17, 15) is 9.59 Å². The van der Waals surface area contributed by atoms with E-state index < -0.39 is 0 Å². The SMILES string of the molecule is CC(=O)NCCNC(=O)CSCc1ccc(Cl)cc1Cl. The maximum absolute atomic E-state index is 11.5. The topological polar surface area (TPSA) is 58.2 Å². The molecular formula is C13H16Cl2N2O2S. The second kappa shape index (κ2) is 9.10. The molecule has 0 saturated carbocycles. The fourth-order valence-electron chi connectivity index (χ4n) is 1.38. The van der Waals surface area contributed by atoms with Crippen molar-refractivity contribution in [3.8, 4) is 0 Å². The first-order valence-electron chi connectivity index (χ1n) is 6.02. The first kappa shape index (κ1) is 17.1. The Morgan fingerprint density at radius 1 is 1.20 bits per heavy atom. The van der Waals surface area contributed by atoms with Gasteiger partial charge in [-0.25, -0.2) is 0 Å². The van der Waals surface area contributed by atoms with Crippen molar-refractivity contribution in [2.24, 2.45) is 0 Å². The smallest absolute Gasteiger partial charge is 0.230 e. The van der Waals surface area contributed by atoms with E-state index in [0.29, 0.717) is 34.6 Å². The average molecular weight is 335 g/mol. The Bertz CT molecular complexity index is 483. The second-order valence-corrected chi connectivity index (χ2v) is 5.89. The molecule has 1 rings (SSSR count). The van der Waals surface area contributed by atoms with E-state index >= 15 is 0 Å². The summed E-state index contributed by atoms with van der Waals surface area (Å²) >= 11 is 13.3. The quantitative estimate of drug-likeness (QED) is 0.753. The summed E-state index contributed by atoms with van der Waals surface area (Å²) in [6.45, 7) is 2.31. The molecule has 2 amide bonds. The lowest BCUT2D eigenvalue weighted by Gasteiger charge is -2.07. The molecule has 0 bridgehead atoms. The number of halogens is 2. The predicted molar refractivity (Wildman–Crippen MR) is 84.3 cm³/mol. The number of hydrogen-bond acceptors (Lipinski definition) is 3. The van der Waals surface area contributed by atoms with E-state index in [4.69, 9.17) is 23.2 Å². The molecule has 0 aliphatic carbocycles. The van der Waals surface area contributed by atoms with Crippen molar-refractivity contribution in [3.05, 3.63) is 33.8 Å². The molecule has 1 aromatic rings. The van der Waals surface area contributed by atoms with Crippen molar-refractivity contribution in [2.75, 3.05) is 18.8 Å². The molecule has 7 heteroatoms. The number of carbonyl (C=O) groups is 2. The van der Waals surface area contributed by atoms with Gasteiger partial charge in [0.15, 0.2) is 0 Å². The normalized spacial score (nSPS) is 10.2. The summed E-state index contributed by atoms with van der Waals surface area (Å²) < 4.78 is 0. The minimum absolute atomic E-state index is 0.0644. The van der Waals surface area contributed by atoms with Crippen LogP contribution in [0.1, 0.15) is 12.5 Å². The molecule has 0 aliphatic heterocycles. The Labute approximate surface area is 132 Å². The molecule has 0 atom stereocenters. The predicted octanol–water partition coefficient (Wildman–Crippen LogP) is 2.48. The van der Waals surface area contributed by atoms with Crippen molar-refractivity contribution in [1.82, 2.24) is 10.6 Å². The van der Waals surface area contributed by atoms with Gasteiger partial charge in [-0.2, -0.15) is 0 Å². The molecule has 2 N–H and O–H groups in total. The number of hydrogen-bond donors (Lipinski definition) is 2. The van der Waals surface area contributed by atoms with Crippen LogP contribution in [-0.2, 0) is 15.3 Å². The van der Waals surface area contributed by atoms with Crippen LogP contribution in [-0.4, -0.2) is 30.7 Å². The van der Waals surface area contributed by atoms with Crippen LogP contribution in [0.2, 0.25) is 10.0 Å². The zero-order valence-corrected chi connectivity index (χ0v) is 13.4. The Kier molecular flexibility index (Phi) is 7.80. The summed E-state index contributed by atoms with van der Waals surface area (Å²) in [5.41, 5.74) is 0.951. The van der Waals surface area contributed by atoms with Crippen LogP contribution in [0.5, 0.6) is 0 Å². The molecule has 1 aromatic carbocycles. The highest BCUT2D eigenvalue weighted by atomic mass is 35.5. The van der Waals surface area contributed by atoms with Gasteiger partial charge in [-0.05, 0) is 17.7 Å². The fourth-order valence-corrected chi connectivity index (χ4v) is 2.80. The van der Waals surface area contributed by atoms with Crippen LogP contribution in [0.4, 0.5) is 0 Å². The highest BCUT2D eigenvalue weighted by molar-refractivity contribution is 7.99. The van der Waals surface area contributed by atoms with E-state index in [1.807, 2.05) is 6.07 Å². The number of thioether (sulfide) groups is 1. The molecule has 0 unspecified atom stereocenters. The van der Waals surface area contributed by atoms with Crippen LogP contribution < -0.4 is 10.6 Å². The average Bonchev–Trinajstić information content (AvgIpc) is 2.37. The summed E-state index contributed by atoms with van der Waals surface area (Å²) in [4.78, 5) is 22.1. The van der Waals surface area contributed by atoms with Crippen molar-refractivity contribution in [2.45, 2.75) is 12.7 Å².